The fourth-order valence-electron chi connectivity index (χ4n) is 2.83. The van der Waals surface area contributed by atoms with Crippen LogP contribution in [0.25, 0.3) is 0 Å². The molecule has 0 saturated heterocycles. The van der Waals surface area contributed by atoms with Gasteiger partial charge in [-0.25, -0.2) is 0 Å². The molecule has 0 aliphatic heterocycles. The summed E-state index contributed by atoms with van der Waals surface area (Å²) in [5, 5.41) is 3.34. The Hall–Kier alpha value is -0.0400. The number of hydrogen-bond acceptors (Lipinski definition) is 1. The van der Waals surface area contributed by atoms with E-state index in [1.807, 2.05) is 0 Å². The van der Waals surface area contributed by atoms with Crippen molar-refractivity contribution in [1.82, 2.24) is 5.32 Å². The molecule has 0 spiro atoms. The minimum Gasteiger partial charge on any atom is -0.319 e. The predicted molar refractivity (Wildman–Crippen MR) is 84.0 cm³/mol. The highest BCUT2D eigenvalue weighted by Gasteiger charge is 2.13. The van der Waals surface area contributed by atoms with Crippen molar-refractivity contribution < 1.29 is 0 Å². The van der Waals surface area contributed by atoms with E-state index in [-0.39, 0.29) is 0 Å². The maximum Gasteiger partial charge on any atom is -0.00235 e. The summed E-state index contributed by atoms with van der Waals surface area (Å²) in [6, 6.07) is 0. The minimum absolute atomic E-state index is 0.838. The average Bonchev–Trinajstić information content (AvgIpc) is 2.29. The van der Waals surface area contributed by atoms with Gasteiger partial charge in [0, 0.05) is 0 Å². The predicted octanol–water partition coefficient (Wildman–Crippen LogP) is 5.11. The molecule has 0 heterocycles. The van der Waals surface area contributed by atoms with Gasteiger partial charge in [-0.2, -0.15) is 0 Å². The van der Waals surface area contributed by atoms with Crippen LogP contribution in [0, 0.1) is 23.7 Å². The van der Waals surface area contributed by atoms with Crippen LogP contribution in [0.3, 0.4) is 0 Å². The normalized spacial score (nSPS) is 16.8. The Balaban J connectivity index is 3.73. The van der Waals surface area contributed by atoms with Crippen LogP contribution < -0.4 is 5.32 Å². The topological polar surface area (TPSA) is 12.0 Å². The maximum absolute atomic E-state index is 3.34. The molecule has 0 saturated carbocycles. The Kier molecular flexibility index (Phi) is 10.8. The third-order valence-electron chi connectivity index (χ3n) is 4.41. The molecule has 0 radical (unpaired) electrons. The lowest BCUT2D eigenvalue weighted by atomic mass is 9.85. The van der Waals surface area contributed by atoms with Crippen LogP contribution >= 0.6 is 0 Å². The lowest BCUT2D eigenvalue weighted by molar-refractivity contribution is 0.307. The van der Waals surface area contributed by atoms with Crippen LogP contribution in [0.15, 0.2) is 0 Å². The molecule has 0 fully saturated rings. The van der Waals surface area contributed by atoms with E-state index in [2.05, 4.69) is 47.0 Å². The minimum atomic E-state index is 0.838. The molecule has 0 bridgehead atoms. The molecule has 18 heavy (non-hydrogen) atoms. The fraction of sp³-hybridized carbons (Fsp3) is 1.00. The zero-order valence-corrected chi connectivity index (χ0v) is 13.8. The summed E-state index contributed by atoms with van der Waals surface area (Å²) in [5.41, 5.74) is 0. The molecule has 0 aromatic rings. The first-order chi connectivity index (χ1) is 8.51. The van der Waals surface area contributed by atoms with Crippen molar-refractivity contribution >= 4 is 0 Å². The van der Waals surface area contributed by atoms with Gasteiger partial charge in [-0.15, -0.1) is 0 Å². The van der Waals surface area contributed by atoms with E-state index in [4.69, 9.17) is 0 Å². The molecule has 0 aromatic carbocycles. The quantitative estimate of drug-likeness (QED) is 0.541. The summed E-state index contributed by atoms with van der Waals surface area (Å²) in [6.45, 7) is 13.0. The van der Waals surface area contributed by atoms with Crippen LogP contribution in [-0.4, -0.2) is 13.6 Å². The van der Waals surface area contributed by atoms with Gasteiger partial charge in [-0.05, 0) is 56.5 Å². The number of nitrogens with one attached hydrogen (secondary N) is 1. The van der Waals surface area contributed by atoms with Crippen LogP contribution in [-0.2, 0) is 0 Å². The van der Waals surface area contributed by atoms with E-state index < -0.39 is 0 Å². The monoisotopic (exact) mass is 255 g/mol. The van der Waals surface area contributed by atoms with Crippen molar-refractivity contribution in [2.24, 2.45) is 23.7 Å². The first-order valence-corrected chi connectivity index (χ1v) is 8.15. The molecule has 1 heteroatoms. The third-order valence-corrected chi connectivity index (χ3v) is 4.41. The Morgan fingerprint density at radius 1 is 0.944 bits per heavy atom. The largest absolute Gasteiger partial charge is 0.319 e. The van der Waals surface area contributed by atoms with Crippen molar-refractivity contribution in [3.63, 3.8) is 0 Å². The number of rotatable bonds is 11. The highest BCUT2D eigenvalue weighted by molar-refractivity contribution is 4.65. The maximum atomic E-state index is 3.34. The molecule has 0 rings (SSSR count). The van der Waals surface area contributed by atoms with E-state index >= 15 is 0 Å². The van der Waals surface area contributed by atoms with Crippen LogP contribution in [0.2, 0.25) is 0 Å². The van der Waals surface area contributed by atoms with Crippen LogP contribution in [0.5, 0.6) is 0 Å². The summed E-state index contributed by atoms with van der Waals surface area (Å²) >= 11 is 0. The smallest absolute Gasteiger partial charge is 0.00235 e. The first kappa shape index (κ1) is 18.0. The van der Waals surface area contributed by atoms with E-state index in [0.717, 1.165) is 23.7 Å². The Morgan fingerprint density at radius 2 is 1.61 bits per heavy atom. The second-order valence-electron chi connectivity index (χ2n) is 6.71. The second-order valence-corrected chi connectivity index (χ2v) is 6.71. The molecule has 1 N–H and O–H groups in total. The van der Waals surface area contributed by atoms with Gasteiger partial charge in [-0.1, -0.05) is 53.9 Å². The Labute approximate surface area is 116 Å². The second kappa shape index (κ2) is 10.8. The Morgan fingerprint density at radius 3 is 2.11 bits per heavy atom. The number of hydrogen-bond donors (Lipinski definition) is 1. The zero-order valence-electron chi connectivity index (χ0n) is 13.8. The molecule has 3 unspecified atom stereocenters. The molecule has 0 aromatic heterocycles. The summed E-state index contributed by atoms with van der Waals surface area (Å²) in [5.74, 6) is 3.52. The van der Waals surface area contributed by atoms with Gasteiger partial charge in [0.2, 0.25) is 0 Å². The van der Waals surface area contributed by atoms with Gasteiger partial charge in [0.05, 0.1) is 0 Å². The summed E-state index contributed by atoms with van der Waals surface area (Å²) in [7, 11) is 2.08. The van der Waals surface area contributed by atoms with Gasteiger partial charge < -0.3 is 5.32 Å². The molecule has 0 amide bonds. The van der Waals surface area contributed by atoms with E-state index in [1.165, 1.54) is 45.1 Å². The lowest BCUT2D eigenvalue weighted by Crippen LogP contribution is -2.19. The van der Waals surface area contributed by atoms with Crippen molar-refractivity contribution in [3.05, 3.63) is 0 Å². The van der Waals surface area contributed by atoms with E-state index in [9.17, 15) is 0 Å². The SMILES string of the molecule is CCCC(CCCC(C)CC(C)C(C)C)CNC. The van der Waals surface area contributed by atoms with Crippen LogP contribution in [0.4, 0.5) is 0 Å². The summed E-state index contributed by atoms with van der Waals surface area (Å²) in [6.07, 6.45) is 8.36. The molecule has 0 aliphatic rings. The highest BCUT2D eigenvalue weighted by atomic mass is 14.8. The van der Waals surface area contributed by atoms with Crippen molar-refractivity contribution in [2.75, 3.05) is 13.6 Å². The van der Waals surface area contributed by atoms with Crippen molar-refractivity contribution in [3.8, 4) is 0 Å². The van der Waals surface area contributed by atoms with Crippen molar-refractivity contribution in [2.45, 2.75) is 73.1 Å². The Bertz CT molecular complexity index is 170. The summed E-state index contributed by atoms with van der Waals surface area (Å²) in [4.78, 5) is 0. The molecule has 110 valence electrons. The molecule has 0 aliphatic carbocycles. The molecular formula is C17H37N. The van der Waals surface area contributed by atoms with Gasteiger partial charge in [0.1, 0.15) is 0 Å². The van der Waals surface area contributed by atoms with Gasteiger partial charge in [0.25, 0.3) is 0 Å². The first-order valence-electron chi connectivity index (χ1n) is 8.15. The van der Waals surface area contributed by atoms with E-state index in [0.29, 0.717) is 0 Å². The fourth-order valence-corrected chi connectivity index (χ4v) is 2.83. The third kappa shape index (κ3) is 8.97. The van der Waals surface area contributed by atoms with Crippen molar-refractivity contribution in [1.29, 1.82) is 0 Å². The molecular weight excluding hydrogens is 218 g/mol. The highest BCUT2D eigenvalue weighted by Crippen LogP contribution is 2.24. The zero-order chi connectivity index (χ0) is 14.0. The van der Waals surface area contributed by atoms with Gasteiger partial charge in [-0.3, -0.25) is 0 Å². The molecule has 3 atom stereocenters. The lowest BCUT2D eigenvalue weighted by Gasteiger charge is -2.21. The standard InChI is InChI=1S/C17H37N/c1-7-9-17(13-18-6)11-8-10-15(4)12-16(5)14(2)3/h14-18H,7-13H2,1-6H3. The average molecular weight is 255 g/mol. The molecule has 1 nitrogen and oxygen atoms in total. The van der Waals surface area contributed by atoms with Gasteiger partial charge >= 0.3 is 0 Å². The van der Waals surface area contributed by atoms with Crippen LogP contribution in [0.1, 0.15) is 73.1 Å². The van der Waals surface area contributed by atoms with E-state index in [1.54, 1.807) is 0 Å². The summed E-state index contributed by atoms with van der Waals surface area (Å²) < 4.78 is 0. The van der Waals surface area contributed by atoms with Gasteiger partial charge in [0.15, 0.2) is 0 Å².